The summed E-state index contributed by atoms with van der Waals surface area (Å²) >= 11 is 6.25. The summed E-state index contributed by atoms with van der Waals surface area (Å²) in [6.07, 6.45) is 1.36. The minimum atomic E-state index is 0.173. The van der Waals surface area contributed by atoms with Crippen molar-refractivity contribution in [3.63, 3.8) is 0 Å². The largest absolute Gasteiger partial charge is 0.484 e. The number of rotatable bonds is 3. The molecule has 1 aromatic rings. The van der Waals surface area contributed by atoms with E-state index in [1.54, 1.807) is 0 Å². The van der Waals surface area contributed by atoms with Crippen LogP contribution in [0.25, 0.3) is 0 Å². The van der Waals surface area contributed by atoms with Gasteiger partial charge in [0.2, 0.25) is 0 Å². The Morgan fingerprint density at radius 2 is 2.24 bits per heavy atom. The fourth-order valence-corrected chi connectivity index (χ4v) is 2.50. The van der Waals surface area contributed by atoms with E-state index < -0.39 is 0 Å². The molecule has 2 aliphatic heterocycles. The first kappa shape index (κ1) is 11.3. The highest BCUT2D eigenvalue weighted by Gasteiger charge is 2.22. The molecule has 3 rings (SSSR count). The molecule has 1 unspecified atom stereocenters. The Bertz CT molecular complexity index is 400. The zero-order chi connectivity index (χ0) is 11.7. The van der Waals surface area contributed by atoms with Gasteiger partial charge in [0.1, 0.15) is 11.9 Å². The second-order valence-electron chi connectivity index (χ2n) is 4.66. The molecule has 92 valence electrons. The molecule has 0 aromatic heterocycles. The van der Waals surface area contributed by atoms with Crippen molar-refractivity contribution < 1.29 is 9.47 Å². The van der Waals surface area contributed by atoms with Gasteiger partial charge in [0.25, 0.3) is 0 Å². The normalized spacial score (nSPS) is 24.6. The highest BCUT2D eigenvalue weighted by molar-refractivity contribution is 6.32. The van der Waals surface area contributed by atoms with Crippen molar-refractivity contribution >= 4 is 11.6 Å². The van der Waals surface area contributed by atoms with Crippen LogP contribution in [0.15, 0.2) is 18.2 Å². The van der Waals surface area contributed by atoms with Crippen LogP contribution >= 0.6 is 11.6 Å². The van der Waals surface area contributed by atoms with Gasteiger partial charge in [0, 0.05) is 6.54 Å². The number of halogens is 1. The Morgan fingerprint density at radius 3 is 2.82 bits per heavy atom. The van der Waals surface area contributed by atoms with Crippen LogP contribution in [0.4, 0.5) is 0 Å². The lowest BCUT2D eigenvalue weighted by molar-refractivity contribution is -0.0796. The van der Waals surface area contributed by atoms with Gasteiger partial charge in [-0.1, -0.05) is 17.7 Å². The maximum absolute atomic E-state index is 6.25. The van der Waals surface area contributed by atoms with Crippen LogP contribution in [0.2, 0.25) is 5.02 Å². The molecule has 1 N–H and O–H groups in total. The maximum atomic E-state index is 6.25. The molecule has 0 spiro atoms. The molecule has 3 nitrogen and oxygen atoms in total. The van der Waals surface area contributed by atoms with E-state index in [0.717, 1.165) is 18.8 Å². The Morgan fingerprint density at radius 1 is 1.35 bits per heavy atom. The van der Waals surface area contributed by atoms with Gasteiger partial charge < -0.3 is 14.8 Å². The Kier molecular flexibility index (Phi) is 3.23. The van der Waals surface area contributed by atoms with Crippen LogP contribution in [0.3, 0.4) is 0 Å². The second kappa shape index (κ2) is 4.84. The number of ether oxygens (including phenoxy) is 2. The first-order chi connectivity index (χ1) is 8.33. The summed E-state index contributed by atoms with van der Waals surface area (Å²) in [4.78, 5) is 0. The van der Waals surface area contributed by atoms with Crippen LogP contribution in [0.1, 0.15) is 17.9 Å². The molecule has 2 saturated heterocycles. The lowest BCUT2D eigenvalue weighted by atomic mass is 9.98. The maximum Gasteiger partial charge on any atom is 0.145 e. The van der Waals surface area contributed by atoms with Crippen molar-refractivity contribution in [3.05, 3.63) is 28.8 Å². The molecule has 2 fully saturated rings. The molecule has 2 aliphatic rings. The van der Waals surface area contributed by atoms with Gasteiger partial charge in [-0.15, -0.1) is 0 Å². The van der Waals surface area contributed by atoms with Crippen LogP contribution in [-0.2, 0) is 4.74 Å². The number of hydrogen-bond acceptors (Lipinski definition) is 3. The van der Waals surface area contributed by atoms with Gasteiger partial charge in [-0.3, -0.25) is 0 Å². The molecule has 1 aromatic carbocycles. The van der Waals surface area contributed by atoms with Crippen LogP contribution < -0.4 is 10.1 Å². The fourth-order valence-electron chi connectivity index (χ4n) is 2.27. The van der Waals surface area contributed by atoms with Crippen LogP contribution in [0.5, 0.6) is 5.75 Å². The quantitative estimate of drug-likeness (QED) is 0.896. The van der Waals surface area contributed by atoms with Crippen molar-refractivity contribution in [3.8, 4) is 5.75 Å². The zero-order valence-corrected chi connectivity index (χ0v) is 10.4. The molecule has 0 saturated carbocycles. The smallest absolute Gasteiger partial charge is 0.145 e. The van der Waals surface area contributed by atoms with E-state index >= 15 is 0 Å². The summed E-state index contributed by atoms with van der Waals surface area (Å²) in [5, 5.41) is 4.07. The predicted octanol–water partition coefficient (Wildman–Crippen LogP) is 2.19. The summed E-state index contributed by atoms with van der Waals surface area (Å²) in [6, 6.07) is 6.14. The molecule has 4 heteroatoms. The Balaban J connectivity index is 1.73. The van der Waals surface area contributed by atoms with E-state index in [1.807, 2.05) is 12.1 Å². The number of hydrogen-bond donors (Lipinski definition) is 1. The molecule has 1 atom stereocenters. The SMILES string of the molecule is Clc1cc(C2CCNC2)ccc1OC1COC1. The molecular weight excluding hydrogens is 238 g/mol. The molecule has 0 aliphatic carbocycles. The molecular formula is C13H16ClNO2. The fraction of sp³-hybridized carbons (Fsp3) is 0.538. The molecule has 17 heavy (non-hydrogen) atoms. The summed E-state index contributed by atoms with van der Waals surface area (Å²) in [5.74, 6) is 1.36. The lowest BCUT2D eigenvalue weighted by Gasteiger charge is -2.27. The van der Waals surface area contributed by atoms with Gasteiger partial charge in [-0.25, -0.2) is 0 Å². The highest BCUT2D eigenvalue weighted by atomic mass is 35.5. The van der Waals surface area contributed by atoms with Crippen molar-refractivity contribution in [2.45, 2.75) is 18.4 Å². The summed E-state index contributed by atoms with van der Waals surface area (Å²) < 4.78 is 10.8. The van der Waals surface area contributed by atoms with E-state index in [-0.39, 0.29) is 6.10 Å². The van der Waals surface area contributed by atoms with E-state index in [9.17, 15) is 0 Å². The number of benzene rings is 1. The average molecular weight is 254 g/mol. The predicted molar refractivity (Wildman–Crippen MR) is 66.9 cm³/mol. The van der Waals surface area contributed by atoms with Crippen molar-refractivity contribution in [2.75, 3.05) is 26.3 Å². The molecule has 0 radical (unpaired) electrons. The van der Waals surface area contributed by atoms with E-state index in [1.165, 1.54) is 12.0 Å². The summed E-state index contributed by atoms with van der Waals surface area (Å²) in [7, 11) is 0. The van der Waals surface area contributed by atoms with Gasteiger partial charge >= 0.3 is 0 Å². The summed E-state index contributed by atoms with van der Waals surface area (Å²) in [6.45, 7) is 3.49. The first-order valence-corrected chi connectivity index (χ1v) is 6.45. The third-order valence-corrected chi connectivity index (χ3v) is 3.68. The first-order valence-electron chi connectivity index (χ1n) is 6.07. The standard InChI is InChI=1S/C13H16ClNO2/c14-12-5-9(10-3-4-15-6-10)1-2-13(12)17-11-7-16-8-11/h1-2,5,10-11,15H,3-4,6-8H2. The van der Waals surface area contributed by atoms with E-state index in [4.69, 9.17) is 21.1 Å². The average Bonchev–Trinajstić information content (AvgIpc) is 2.78. The van der Waals surface area contributed by atoms with Gasteiger partial charge in [0.15, 0.2) is 0 Å². The van der Waals surface area contributed by atoms with Crippen molar-refractivity contribution in [2.24, 2.45) is 0 Å². The monoisotopic (exact) mass is 253 g/mol. The zero-order valence-electron chi connectivity index (χ0n) is 9.62. The molecule has 0 amide bonds. The highest BCUT2D eigenvalue weighted by Crippen LogP contribution is 2.32. The van der Waals surface area contributed by atoms with Gasteiger partial charge in [-0.2, -0.15) is 0 Å². The minimum absolute atomic E-state index is 0.173. The van der Waals surface area contributed by atoms with Crippen LogP contribution in [0, 0.1) is 0 Å². The summed E-state index contributed by atoms with van der Waals surface area (Å²) in [5.41, 5.74) is 1.30. The van der Waals surface area contributed by atoms with E-state index in [0.29, 0.717) is 24.2 Å². The van der Waals surface area contributed by atoms with Crippen molar-refractivity contribution in [1.82, 2.24) is 5.32 Å². The second-order valence-corrected chi connectivity index (χ2v) is 5.06. The third kappa shape index (κ3) is 2.41. The van der Waals surface area contributed by atoms with Crippen LogP contribution in [-0.4, -0.2) is 32.4 Å². The minimum Gasteiger partial charge on any atom is -0.484 e. The van der Waals surface area contributed by atoms with Crippen molar-refractivity contribution in [1.29, 1.82) is 0 Å². The molecule has 2 heterocycles. The topological polar surface area (TPSA) is 30.5 Å². The Hall–Kier alpha value is -0.770. The number of nitrogens with one attached hydrogen (secondary N) is 1. The lowest BCUT2D eigenvalue weighted by Crippen LogP contribution is -2.38. The Labute approximate surface area is 106 Å². The van der Waals surface area contributed by atoms with Gasteiger partial charge in [-0.05, 0) is 36.6 Å². The molecule has 0 bridgehead atoms. The van der Waals surface area contributed by atoms with Gasteiger partial charge in [0.05, 0.1) is 18.2 Å². The van der Waals surface area contributed by atoms with E-state index in [2.05, 4.69) is 11.4 Å². The third-order valence-electron chi connectivity index (χ3n) is 3.39.